The van der Waals surface area contributed by atoms with Gasteiger partial charge in [0, 0.05) is 18.7 Å². The van der Waals surface area contributed by atoms with E-state index in [-0.39, 0.29) is 30.7 Å². The van der Waals surface area contributed by atoms with Crippen molar-refractivity contribution in [3.05, 3.63) is 72.1 Å². The Balaban J connectivity index is 0.00000140. The quantitative estimate of drug-likeness (QED) is 0.704. The van der Waals surface area contributed by atoms with Crippen molar-refractivity contribution in [2.24, 2.45) is 5.73 Å². The minimum absolute atomic E-state index is 0. The molecule has 8 heteroatoms. The molecule has 1 aliphatic heterocycles. The lowest BCUT2D eigenvalue weighted by atomic mass is 10.1. The van der Waals surface area contributed by atoms with E-state index < -0.39 is 6.04 Å². The molecule has 148 valence electrons. The molecule has 1 aliphatic rings. The first-order chi connectivity index (χ1) is 12.7. The van der Waals surface area contributed by atoms with Gasteiger partial charge in [0.1, 0.15) is 0 Å². The fourth-order valence-corrected chi connectivity index (χ4v) is 3.34. The molecule has 1 amide bonds. The monoisotopic (exact) mass is 419 g/mol. The molecule has 4 rings (SSSR count). The van der Waals surface area contributed by atoms with Crippen LogP contribution in [-0.2, 0) is 24.3 Å². The number of halogens is 2. The Morgan fingerprint density at radius 3 is 2.29 bits per heavy atom. The van der Waals surface area contributed by atoms with Crippen LogP contribution < -0.4 is 5.73 Å². The van der Waals surface area contributed by atoms with Crippen molar-refractivity contribution in [2.75, 3.05) is 6.54 Å². The largest absolute Gasteiger partial charge is 0.332 e. The van der Waals surface area contributed by atoms with Gasteiger partial charge in [-0.2, -0.15) is 0 Å². The van der Waals surface area contributed by atoms with Crippen LogP contribution in [0.5, 0.6) is 0 Å². The van der Waals surface area contributed by atoms with E-state index in [4.69, 9.17) is 5.73 Å². The molecule has 3 aromatic rings. The van der Waals surface area contributed by atoms with Crippen LogP contribution in [0, 0.1) is 0 Å². The minimum Gasteiger partial charge on any atom is -0.332 e. The summed E-state index contributed by atoms with van der Waals surface area (Å²) in [5.74, 6) is 1.61. The van der Waals surface area contributed by atoms with E-state index in [0.717, 1.165) is 22.8 Å². The number of carbonyl (C=O) groups excluding carboxylic acids is 1. The number of amides is 1. The van der Waals surface area contributed by atoms with Crippen molar-refractivity contribution in [1.82, 2.24) is 19.7 Å². The molecule has 2 N–H and O–H groups in total. The fourth-order valence-electron chi connectivity index (χ4n) is 3.34. The van der Waals surface area contributed by atoms with Gasteiger partial charge < -0.3 is 15.2 Å². The number of nitrogens with zero attached hydrogens (tertiary/aromatic N) is 4. The fraction of sp³-hybridized carbons (Fsp3) is 0.250. The maximum atomic E-state index is 12.7. The van der Waals surface area contributed by atoms with Crippen LogP contribution in [0.25, 0.3) is 11.4 Å². The van der Waals surface area contributed by atoms with Crippen molar-refractivity contribution in [3.63, 3.8) is 0 Å². The molecule has 6 nitrogen and oxygen atoms in total. The first kappa shape index (κ1) is 21.9. The third-order valence-corrected chi connectivity index (χ3v) is 4.71. The second-order valence-electron chi connectivity index (χ2n) is 6.51. The van der Waals surface area contributed by atoms with Crippen molar-refractivity contribution in [1.29, 1.82) is 0 Å². The molecular formula is C20H23Cl2N5O. The van der Waals surface area contributed by atoms with Crippen molar-refractivity contribution < 1.29 is 4.79 Å². The highest BCUT2D eigenvalue weighted by atomic mass is 35.5. The number of carbonyl (C=O) groups is 1. The van der Waals surface area contributed by atoms with E-state index in [9.17, 15) is 4.79 Å². The molecule has 0 aliphatic carbocycles. The minimum atomic E-state index is -0.541. The summed E-state index contributed by atoms with van der Waals surface area (Å²) in [4.78, 5) is 14.5. The van der Waals surface area contributed by atoms with Gasteiger partial charge in [0.05, 0.1) is 12.6 Å². The van der Waals surface area contributed by atoms with Gasteiger partial charge in [0.2, 0.25) is 5.91 Å². The summed E-state index contributed by atoms with van der Waals surface area (Å²) in [7, 11) is 0. The van der Waals surface area contributed by atoms with Crippen LogP contribution >= 0.6 is 24.8 Å². The van der Waals surface area contributed by atoms with Gasteiger partial charge in [-0.05, 0) is 12.0 Å². The van der Waals surface area contributed by atoms with Crippen LogP contribution in [0.3, 0.4) is 0 Å². The maximum Gasteiger partial charge on any atom is 0.240 e. The highest BCUT2D eigenvalue weighted by Crippen LogP contribution is 2.21. The van der Waals surface area contributed by atoms with E-state index in [0.29, 0.717) is 26.1 Å². The van der Waals surface area contributed by atoms with Crippen LogP contribution in [0.1, 0.15) is 11.4 Å². The summed E-state index contributed by atoms with van der Waals surface area (Å²) in [6.07, 6.45) is 0.540. The standard InChI is InChI=1S/C20H21N5O.2ClH/c21-17(13-15-7-3-1-4-8-15)20(26)24-11-12-25-18(14-24)22-23-19(25)16-9-5-2-6-10-16;;/h1-10,17H,11-14,21H2;2*1H. The Hall–Kier alpha value is -2.41. The van der Waals surface area contributed by atoms with Crippen molar-refractivity contribution in [3.8, 4) is 11.4 Å². The summed E-state index contributed by atoms with van der Waals surface area (Å²) >= 11 is 0. The molecule has 0 bridgehead atoms. The summed E-state index contributed by atoms with van der Waals surface area (Å²) in [6.45, 7) is 1.74. The highest BCUT2D eigenvalue weighted by Gasteiger charge is 2.28. The second kappa shape index (κ2) is 9.68. The lowest BCUT2D eigenvalue weighted by molar-refractivity contribution is -0.134. The third kappa shape index (κ3) is 4.52. The van der Waals surface area contributed by atoms with Gasteiger partial charge in [0.25, 0.3) is 0 Å². The Bertz CT molecular complexity index is 901. The van der Waals surface area contributed by atoms with Gasteiger partial charge in [-0.1, -0.05) is 60.7 Å². The Kier molecular flexibility index (Phi) is 7.57. The number of fused-ring (bicyclic) bond motifs is 1. The average Bonchev–Trinajstić information content (AvgIpc) is 3.12. The summed E-state index contributed by atoms with van der Waals surface area (Å²) in [5, 5.41) is 8.61. The SMILES string of the molecule is Cl.Cl.NC(Cc1ccccc1)C(=O)N1CCn2c(nnc2-c2ccccc2)C1. The third-order valence-electron chi connectivity index (χ3n) is 4.71. The molecule has 1 aromatic heterocycles. The lowest BCUT2D eigenvalue weighted by Gasteiger charge is -2.30. The molecule has 28 heavy (non-hydrogen) atoms. The second-order valence-corrected chi connectivity index (χ2v) is 6.51. The molecule has 0 saturated heterocycles. The number of nitrogens with two attached hydrogens (primary N) is 1. The zero-order chi connectivity index (χ0) is 17.9. The number of hydrogen-bond donors (Lipinski definition) is 1. The first-order valence-electron chi connectivity index (χ1n) is 8.78. The van der Waals surface area contributed by atoms with Gasteiger partial charge in [-0.3, -0.25) is 4.79 Å². The van der Waals surface area contributed by atoms with Gasteiger partial charge >= 0.3 is 0 Å². The van der Waals surface area contributed by atoms with Crippen LogP contribution in [0.15, 0.2) is 60.7 Å². The van der Waals surface area contributed by atoms with Gasteiger partial charge in [0.15, 0.2) is 11.6 Å². The van der Waals surface area contributed by atoms with Crippen LogP contribution in [-0.4, -0.2) is 38.2 Å². The maximum absolute atomic E-state index is 12.7. The Morgan fingerprint density at radius 2 is 1.61 bits per heavy atom. The lowest BCUT2D eigenvalue weighted by Crippen LogP contribution is -2.47. The van der Waals surface area contributed by atoms with E-state index >= 15 is 0 Å². The van der Waals surface area contributed by atoms with Crippen molar-refractivity contribution >= 4 is 30.7 Å². The zero-order valence-electron chi connectivity index (χ0n) is 15.3. The smallest absolute Gasteiger partial charge is 0.240 e. The van der Waals surface area contributed by atoms with E-state index in [1.54, 1.807) is 4.90 Å². The predicted molar refractivity (Wildman–Crippen MR) is 113 cm³/mol. The van der Waals surface area contributed by atoms with Crippen molar-refractivity contribution in [2.45, 2.75) is 25.6 Å². The molecule has 0 radical (unpaired) electrons. The zero-order valence-corrected chi connectivity index (χ0v) is 16.9. The number of hydrogen-bond acceptors (Lipinski definition) is 4. The predicted octanol–water partition coefficient (Wildman–Crippen LogP) is 2.70. The molecule has 0 spiro atoms. The number of rotatable bonds is 4. The van der Waals surface area contributed by atoms with E-state index in [2.05, 4.69) is 14.8 Å². The first-order valence-corrected chi connectivity index (χ1v) is 8.78. The highest BCUT2D eigenvalue weighted by molar-refractivity contribution is 5.85. The summed E-state index contributed by atoms with van der Waals surface area (Å²) in [5.41, 5.74) is 8.27. The van der Waals surface area contributed by atoms with Gasteiger partial charge in [-0.25, -0.2) is 0 Å². The molecule has 1 atom stereocenters. The van der Waals surface area contributed by atoms with Crippen LogP contribution in [0.2, 0.25) is 0 Å². The van der Waals surface area contributed by atoms with E-state index in [1.807, 2.05) is 60.7 Å². The molecule has 0 fully saturated rings. The molecular weight excluding hydrogens is 397 g/mol. The van der Waals surface area contributed by atoms with Crippen LogP contribution in [0.4, 0.5) is 0 Å². The number of benzene rings is 2. The topological polar surface area (TPSA) is 77.0 Å². The summed E-state index contributed by atoms with van der Waals surface area (Å²) in [6, 6.07) is 19.3. The Labute approximate surface area is 176 Å². The molecule has 2 heterocycles. The number of aromatic nitrogens is 3. The van der Waals surface area contributed by atoms with Gasteiger partial charge in [-0.15, -0.1) is 35.0 Å². The average molecular weight is 420 g/mol. The summed E-state index contributed by atoms with van der Waals surface area (Å²) < 4.78 is 2.09. The molecule has 2 aromatic carbocycles. The normalized spacial score (nSPS) is 13.7. The van der Waals surface area contributed by atoms with E-state index in [1.165, 1.54) is 0 Å². The molecule has 0 saturated carbocycles. The molecule has 1 unspecified atom stereocenters. The Morgan fingerprint density at radius 1 is 0.964 bits per heavy atom.